The average molecular weight is 310 g/mol. The minimum absolute atomic E-state index is 0.0152. The summed E-state index contributed by atoms with van der Waals surface area (Å²) in [4.78, 5) is 12.0. The zero-order valence-corrected chi connectivity index (χ0v) is 13.3. The van der Waals surface area contributed by atoms with Gasteiger partial charge in [0.25, 0.3) is 0 Å². The van der Waals surface area contributed by atoms with E-state index in [-0.39, 0.29) is 11.8 Å². The predicted octanol–water partition coefficient (Wildman–Crippen LogP) is 1.28. The fraction of sp³-hybridized carbons (Fsp3) is 0.533. The number of nitrogens with zero attached hydrogens (tertiary/aromatic N) is 1. The Labute approximate surface area is 126 Å². The largest absolute Gasteiger partial charge is 0.352 e. The van der Waals surface area contributed by atoms with Crippen LogP contribution in [0.5, 0.6) is 0 Å². The third kappa shape index (κ3) is 4.54. The van der Waals surface area contributed by atoms with Crippen LogP contribution in [0.25, 0.3) is 0 Å². The monoisotopic (exact) mass is 310 g/mol. The van der Waals surface area contributed by atoms with E-state index in [2.05, 4.69) is 5.32 Å². The first-order chi connectivity index (χ1) is 9.86. The summed E-state index contributed by atoms with van der Waals surface area (Å²) in [6.45, 7) is 3.52. The highest BCUT2D eigenvalue weighted by atomic mass is 32.2. The first-order valence-electron chi connectivity index (χ1n) is 7.12. The van der Waals surface area contributed by atoms with Gasteiger partial charge in [0.1, 0.15) is 0 Å². The lowest BCUT2D eigenvalue weighted by atomic mass is 10.0. The first kappa shape index (κ1) is 16.0. The molecule has 5 nitrogen and oxygen atoms in total. The molecule has 0 aromatic heterocycles. The van der Waals surface area contributed by atoms with E-state index >= 15 is 0 Å². The van der Waals surface area contributed by atoms with Crippen molar-refractivity contribution in [1.82, 2.24) is 9.62 Å². The summed E-state index contributed by atoms with van der Waals surface area (Å²) in [6.07, 6.45) is 2.36. The van der Waals surface area contributed by atoms with Gasteiger partial charge in [-0.25, -0.2) is 12.7 Å². The van der Waals surface area contributed by atoms with E-state index in [0.717, 1.165) is 17.5 Å². The maximum absolute atomic E-state index is 12.0. The second-order valence-electron chi connectivity index (χ2n) is 5.68. The van der Waals surface area contributed by atoms with E-state index in [1.54, 1.807) is 0 Å². The van der Waals surface area contributed by atoms with Crippen LogP contribution in [0, 0.1) is 12.8 Å². The zero-order valence-electron chi connectivity index (χ0n) is 12.5. The van der Waals surface area contributed by atoms with Gasteiger partial charge < -0.3 is 5.32 Å². The summed E-state index contributed by atoms with van der Waals surface area (Å²) in [5.41, 5.74) is 2.26. The molecule has 6 heteroatoms. The van der Waals surface area contributed by atoms with Gasteiger partial charge in [-0.1, -0.05) is 24.3 Å². The van der Waals surface area contributed by atoms with Crippen LogP contribution < -0.4 is 5.32 Å². The smallest absolute Gasteiger partial charge is 0.220 e. The summed E-state index contributed by atoms with van der Waals surface area (Å²) >= 11 is 0. The molecular formula is C15H22N2O3S. The van der Waals surface area contributed by atoms with Gasteiger partial charge in [0.15, 0.2) is 0 Å². The third-order valence-corrected chi connectivity index (χ3v) is 5.20. The summed E-state index contributed by atoms with van der Waals surface area (Å²) in [5.74, 6) is 0.107. The predicted molar refractivity (Wildman–Crippen MR) is 82.2 cm³/mol. The van der Waals surface area contributed by atoms with Gasteiger partial charge in [0.05, 0.1) is 6.26 Å². The molecule has 1 atom stereocenters. The van der Waals surface area contributed by atoms with E-state index in [1.807, 2.05) is 31.2 Å². The van der Waals surface area contributed by atoms with Crippen molar-refractivity contribution in [2.75, 3.05) is 19.3 Å². The second-order valence-corrected chi connectivity index (χ2v) is 7.67. The van der Waals surface area contributed by atoms with Crippen molar-refractivity contribution in [3.63, 3.8) is 0 Å². The molecule has 0 aliphatic carbocycles. The normalized spacial score (nSPS) is 19.6. The Bertz CT molecular complexity index is 613. The molecule has 1 aliphatic heterocycles. The summed E-state index contributed by atoms with van der Waals surface area (Å²) in [6, 6.07) is 7.94. The first-order valence-corrected chi connectivity index (χ1v) is 8.97. The lowest BCUT2D eigenvalue weighted by molar-refractivity contribution is -0.122. The second kappa shape index (κ2) is 6.58. The maximum Gasteiger partial charge on any atom is 0.220 e. The Morgan fingerprint density at radius 1 is 1.38 bits per heavy atom. The molecule has 0 radical (unpaired) electrons. The number of nitrogens with one attached hydrogen (secondary N) is 1. The number of aryl methyl sites for hydroxylation is 1. The minimum atomic E-state index is -3.13. The van der Waals surface area contributed by atoms with Gasteiger partial charge in [0.2, 0.25) is 15.9 Å². The van der Waals surface area contributed by atoms with Crippen LogP contribution in [0.4, 0.5) is 0 Å². The van der Waals surface area contributed by atoms with E-state index in [4.69, 9.17) is 0 Å². The number of rotatable bonds is 5. The highest BCUT2D eigenvalue weighted by Crippen LogP contribution is 2.21. The molecule has 1 saturated heterocycles. The Morgan fingerprint density at radius 3 is 2.71 bits per heavy atom. The van der Waals surface area contributed by atoms with Crippen LogP contribution in [-0.2, 0) is 21.4 Å². The topological polar surface area (TPSA) is 66.5 Å². The van der Waals surface area contributed by atoms with Gasteiger partial charge in [-0.15, -0.1) is 0 Å². The molecule has 0 unspecified atom stereocenters. The number of hydrogen-bond acceptors (Lipinski definition) is 3. The molecule has 116 valence electrons. The molecule has 0 saturated carbocycles. The minimum Gasteiger partial charge on any atom is -0.352 e. The fourth-order valence-electron chi connectivity index (χ4n) is 2.60. The van der Waals surface area contributed by atoms with Crippen LogP contribution in [0.2, 0.25) is 0 Å². The zero-order chi connectivity index (χ0) is 15.5. The quantitative estimate of drug-likeness (QED) is 0.891. The molecule has 1 heterocycles. The van der Waals surface area contributed by atoms with E-state index in [1.165, 1.54) is 10.6 Å². The van der Waals surface area contributed by atoms with Gasteiger partial charge in [0, 0.05) is 26.1 Å². The third-order valence-electron chi connectivity index (χ3n) is 3.93. The number of benzene rings is 1. The molecule has 1 aromatic rings. The standard InChI is InChI=1S/C15H22N2O3S/c1-12-5-3-4-6-14(12)10-16-15(18)9-13-7-8-17(11-13)21(2,19)20/h3-6,13H,7-11H2,1-2H3,(H,16,18)/t13-/m1/s1. The van der Waals surface area contributed by atoms with Crippen molar-refractivity contribution in [1.29, 1.82) is 0 Å². The lowest BCUT2D eigenvalue weighted by Crippen LogP contribution is -2.29. The highest BCUT2D eigenvalue weighted by molar-refractivity contribution is 7.88. The van der Waals surface area contributed by atoms with E-state index in [9.17, 15) is 13.2 Å². The van der Waals surface area contributed by atoms with Crippen molar-refractivity contribution in [2.45, 2.75) is 26.3 Å². The van der Waals surface area contributed by atoms with Crippen LogP contribution in [-0.4, -0.2) is 38.0 Å². The molecule has 2 rings (SSSR count). The Hall–Kier alpha value is -1.40. The van der Waals surface area contributed by atoms with Crippen molar-refractivity contribution in [3.8, 4) is 0 Å². The number of hydrogen-bond donors (Lipinski definition) is 1. The molecular weight excluding hydrogens is 288 g/mol. The molecule has 1 aromatic carbocycles. The Kier molecular flexibility index (Phi) is 5.00. The lowest BCUT2D eigenvalue weighted by Gasteiger charge is -2.13. The van der Waals surface area contributed by atoms with Crippen molar-refractivity contribution >= 4 is 15.9 Å². The maximum atomic E-state index is 12.0. The summed E-state index contributed by atoms with van der Waals surface area (Å²) < 4.78 is 24.3. The molecule has 1 amide bonds. The van der Waals surface area contributed by atoms with Gasteiger partial charge in [-0.3, -0.25) is 4.79 Å². The molecule has 1 fully saturated rings. The fourth-order valence-corrected chi connectivity index (χ4v) is 3.52. The van der Waals surface area contributed by atoms with Gasteiger partial charge >= 0.3 is 0 Å². The molecule has 1 N–H and O–H groups in total. The highest BCUT2D eigenvalue weighted by Gasteiger charge is 2.29. The van der Waals surface area contributed by atoms with E-state index in [0.29, 0.717) is 26.1 Å². The van der Waals surface area contributed by atoms with Gasteiger partial charge in [-0.05, 0) is 30.4 Å². The number of amides is 1. The van der Waals surface area contributed by atoms with Crippen molar-refractivity contribution in [3.05, 3.63) is 35.4 Å². The SMILES string of the molecule is Cc1ccccc1CNC(=O)C[C@H]1CCN(S(C)(=O)=O)C1. The van der Waals surface area contributed by atoms with Crippen molar-refractivity contribution < 1.29 is 13.2 Å². The molecule has 1 aliphatic rings. The molecule has 0 spiro atoms. The van der Waals surface area contributed by atoms with E-state index < -0.39 is 10.0 Å². The summed E-state index contributed by atoms with van der Waals surface area (Å²) in [7, 11) is -3.13. The Morgan fingerprint density at radius 2 is 2.10 bits per heavy atom. The average Bonchev–Trinajstić information content (AvgIpc) is 2.86. The van der Waals surface area contributed by atoms with Crippen molar-refractivity contribution in [2.24, 2.45) is 5.92 Å². The van der Waals surface area contributed by atoms with Crippen LogP contribution in [0.3, 0.4) is 0 Å². The Balaban J connectivity index is 1.80. The number of carbonyl (C=O) groups excluding carboxylic acids is 1. The van der Waals surface area contributed by atoms with Gasteiger partial charge in [-0.2, -0.15) is 0 Å². The molecule has 0 bridgehead atoms. The van der Waals surface area contributed by atoms with Crippen LogP contribution >= 0.6 is 0 Å². The van der Waals surface area contributed by atoms with Crippen LogP contribution in [0.15, 0.2) is 24.3 Å². The number of sulfonamides is 1. The number of carbonyl (C=O) groups is 1. The van der Waals surface area contributed by atoms with Crippen LogP contribution in [0.1, 0.15) is 24.0 Å². The summed E-state index contributed by atoms with van der Waals surface area (Å²) in [5, 5.41) is 2.91. The molecule has 21 heavy (non-hydrogen) atoms.